The lowest BCUT2D eigenvalue weighted by atomic mass is 10.1. The van der Waals surface area contributed by atoms with E-state index in [2.05, 4.69) is 10.6 Å². The van der Waals surface area contributed by atoms with Crippen molar-refractivity contribution in [3.8, 4) is 11.5 Å². The van der Waals surface area contributed by atoms with Gasteiger partial charge in [-0.25, -0.2) is 0 Å². The molecule has 0 aromatic heterocycles. The molecule has 1 fully saturated rings. The number of carbonyl (C=O) groups excluding carboxylic acids is 1. The van der Waals surface area contributed by atoms with Crippen molar-refractivity contribution in [2.75, 3.05) is 20.8 Å². The van der Waals surface area contributed by atoms with E-state index in [0.29, 0.717) is 18.0 Å². The summed E-state index contributed by atoms with van der Waals surface area (Å²) in [5.74, 6) is 1.52. The zero-order valence-corrected chi connectivity index (χ0v) is 12.1. The van der Waals surface area contributed by atoms with Gasteiger partial charge in [-0.05, 0) is 37.0 Å². The third kappa shape index (κ3) is 3.63. The normalized spacial score (nSPS) is 19.1. The summed E-state index contributed by atoms with van der Waals surface area (Å²) < 4.78 is 10.5. The Kier molecular flexibility index (Phi) is 5.24. The van der Waals surface area contributed by atoms with Gasteiger partial charge in [0.1, 0.15) is 0 Å². The number of benzene rings is 1. The van der Waals surface area contributed by atoms with E-state index in [-0.39, 0.29) is 11.9 Å². The number of rotatable bonds is 5. The number of hydrogen-bond acceptors (Lipinski definition) is 4. The molecule has 1 aromatic rings. The molecule has 1 aliphatic rings. The largest absolute Gasteiger partial charge is 0.493 e. The fourth-order valence-corrected chi connectivity index (χ4v) is 2.37. The summed E-state index contributed by atoms with van der Waals surface area (Å²) in [6.45, 7) is 1.42. The summed E-state index contributed by atoms with van der Waals surface area (Å²) in [6.07, 6.45) is 3.02. The Morgan fingerprint density at radius 2 is 2.05 bits per heavy atom. The molecule has 5 nitrogen and oxygen atoms in total. The monoisotopic (exact) mass is 278 g/mol. The van der Waals surface area contributed by atoms with Gasteiger partial charge in [-0.3, -0.25) is 4.79 Å². The summed E-state index contributed by atoms with van der Waals surface area (Å²) in [5.41, 5.74) is 1.07. The van der Waals surface area contributed by atoms with Crippen LogP contribution in [0.4, 0.5) is 0 Å². The molecule has 1 aromatic carbocycles. The van der Waals surface area contributed by atoms with Crippen molar-refractivity contribution >= 4 is 5.91 Å². The molecule has 1 saturated heterocycles. The molecule has 1 aliphatic heterocycles. The lowest BCUT2D eigenvalue weighted by Crippen LogP contribution is -2.42. The molecular weight excluding hydrogens is 256 g/mol. The van der Waals surface area contributed by atoms with Gasteiger partial charge in [0.25, 0.3) is 0 Å². The second-order valence-corrected chi connectivity index (χ2v) is 4.91. The molecule has 110 valence electrons. The minimum absolute atomic E-state index is 0.1000. The van der Waals surface area contributed by atoms with E-state index in [4.69, 9.17) is 9.47 Å². The zero-order chi connectivity index (χ0) is 14.4. The fourth-order valence-electron chi connectivity index (χ4n) is 2.37. The SMILES string of the molecule is COc1ccc(CNC2CCCCNC2=O)cc1OC. The van der Waals surface area contributed by atoms with Crippen molar-refractivity contribution in [1.82, 2.24) is 10.6 Å². The number of nitrogens with one attached hydrogen (secondary N) is 2. The first-order valence-electron chi connectivity index (χ1n) is 6.96. The third-order valence-corrected chi connectivity index (χ3v) is 3.54. The predicted octanol–water partition coefficient (Wildman–Crippen LogP) is 1.46. The third-order valence-electron chi connectivity index (χ3n) is 3.54. The van der Waals surface area contributed by atoms with Gasteiger partial charge < -0.3 is 20.1 Å². The number of amides is 1. The second-order valence-electron chi connectivity index (χ2n) is 4.91. The summed E-state index contributed by atoms with van der Waals surface area (Å²) in [7, 11) is 3.24. The molecule has 1 heterocycles. The van der Waals surface area contributed by atoms with Crippen molar-refractivity contribution in [3.63, 3.8) is 0 Å². The van der Waals surface area contributed by atoms with Crippen LogP contribution >= 0.6 is 0 Å². The Morgan fingerprint density at radius 3 is 2.80 bits per heavy atom. The average Bonchev–Trinajstić information content (AvgIpc) is 2.69. The van der Waals surface area contributed by atoms with Crippen LogP contribution in [0.3, 0.4) is 0 Å². The highest BCUT2D eigenvalue weighted by atomic mass is 16.5. The van der Waals surface area contributed by atoms with Gasteiger partial charge in [-0.2, -0.15) is 0 Å². The van der Waals surface area contributed by atoms with Gasteiger partial charge in [0, 0.05) is 13.1 Å². The van der Waals surface area contributed by atoms with E-state index < -0.39 is 0 Å². The molecule has 0 saturated carbocycles. The molecule has 2 rings (SSSR count). The van der Waals surface area contributed by atoms with E-state index >= 15 is 0 Å². The second kappa shape index (κ2) is 7.14. The fraction of sp³-hybridized carbons (Fsp3) is 0.533. The van der Waals surface area contributed by atoms with E-state index in [1.54, 1.807) is 14.2 Å². The van der Waals surface area contributed by atoms with Crippen LogP contribution in [-0.2, 0) is 11.3 Å². The van der Waals surface area contributed by atoms with E-state index in [9.17, 15) is 4.79 Å². The molecule has 1 unspecified atom stereocenters. The number of hydrogen-bond donors (Lipinski definition) is 2. The van der Waals surface area contributed by atoms with Crippen molar-refractivity contribution in [2.24, 2.45) is 0 Å². The van der Waals surface area contributed by atoms with Crippen LogP contribution in [0, 0.1) is 0 Å². The van der Waals surface area contributed by atoms with E-state index in [0.717, 1.165) is 31.4 Å². The maximum Gasteiger partial charge on any atom is 0.237 e. The molecule has 0 radical (unpaired) electrons. The predicted molar refractivity (Wildman–Crippen MR) is 77.0 cm³/mol. The van der Waals surface area contributed by atoms with Crippen LogP contribution in [0.2, 0.25) is 0 Å². The maximum absolute atomic E-state index is 11.8. The molecule has 20 heavy (non-hydrogen) atoms. The van der Waals surface area contributed by atoms with Crippen LogP contribution in [-0.4, -0.2) is 32.7 Å². The van der Waals surface area contributed by atoms with Crippen LogP contribution in [0.15, 0.2) is 18.2 Å². The number of ether oxygens (including phenoxy) is 2. The van der Waals surface area contributed by atoms with Crippen LogP contribution in [0.25, 0.3) is 0 Å². The molecule has 0 spiro atoms. The Bertz CT molecular complexity index is 462. The van der Waals surface area contributed by atoms with Gasteiger partial charge in [-0.1, -0.05) is 6.07 Å². The Balaban J connectivity index is 1.97. The maximum atomic E-state index is 11.8. The standard InChI is InChI=1S/C15H22N2O3/c1-19-13-7-6-11(9-14(13)20-2)10-17-12-5-3-4-8-16-15(12)18/h6-7,9,12,17H,3-5,8,10H2,1-2H3,(H,16,18). The summed E-state index contributed by atoms with van der Waals surface area (Å²) in [4.78, 5) is 11.8. The minimum atomic E-state index is -0.106. The first kappa shape index (κ1) is 14.7. The van der Waals surface area contributed by atoms with Crippen molar-refractivity contribution in [1.29, 1.82) is 0 Å². The first-order chi connectivity index (χ1) is 9.74. The summed E-state index contributed by atoms with van der Waals surface area (Å²) >= 11 is 0. The lowest BCUT2D eigenvalue weighted by Gasteiger charge is -2.16. The van der Waals surface area contributed by atoms with E-state index in [1.807, 2.05) is 18.2 Å². The number of carbonyl (C=O) groups is 1. The molecule has 1 atom stereocenters. The molecule has 5 heteroatoms. The van der Waals surface area contributed by atoms with Crippen LogP contribution in [0.5, 0.6) is 11.5 Å². The Morgan fingerprint density at radius 1 is 1.25 bits per heavy atom. The van der Waals surface area contributed by atoms with Gasteiger partial charge in [0.15, 0.2) is 11.5 Å². The Hall–Kier alpha value is -1.75. The quantitative estimate of drug-likeness (QED) is 0.856. The van der Waals surface area contributed by atoms with Crippen molar-refractivity contribution in [3.05, 3.63) is 23.8 Å². The molecule has 0 bridgehead atoms. The molecule has 0 aliphatic carbocycles. The highest BCUT2D eigenvalue weighted by Crippen LogP contribution is 2.27. The molecule has 2 N–H and O–H groups in total. The van der Waals surface area contributed by atoms with E-state index in [1.165, 1.54) is 0 Å². The van der Waals surface area contributed by atoms with Crippen molar-refractivity contribution < 1.29 is 14.3 Å². The smallest absolute Gasteiger partial charge is 0.237 e. The van der Waals surface area contributed by atoms with Crippen LogP contribution < -0.4 is 20.1 Å². The van der Waals surface area contributed by atoms with Gasteiger partial charge in [-0.15, -0.1) is 0 Å². The zero-order valence-electron chi connectivity index (χ0n) is 12.1. The minimum Gasteiger partial charge on any atom is -0.493 e. The topological polar surface area (TPSA) is 59.6 Å². The average molecular weight is 278 g/mol. The molecule has 1 amide bonds. The van der Waals surface area contributed by atoms with Crippen molar-refractivity contribution in [2.45, 2.75) is 31.8 Å². The van der Waals surface area contributed by atoms with Crippen LogP contribution in [0.1, 0.15) is 24.8 Å². The highest BCUT2D eigenvalue weighted by molar-refractivity contribution is 5.81. The van der Waals surface area contributed by atoms with Gasteiger partial charge in [0.05, 0.1) is 20.3 Å². The lowest BCUT2D eigenvalue weighted by molar-refractivity contribution is -0.122. The Labute approximate surface area is 119 Å². The highest BCUT2D eigenvalue weighted by Gasteiger charge is 2.19. The van der Waals surface area contributed by atoms with Gasteiger partial charge in [0.2, 0.25) is 5.91 Å². The first-order valence-corrected chi connectivity index (χ1v) is 6.96. The summed E-state index contributed by atoms with van der Waals surface area (Å²) in [6, 6.07) is 5.68. The molecular formula is C15H22N2O3. The van der Waals surface area contributed by atoms with Gasteiger partial charge >= 0.3 is 0 Å². The number of methoxy groups -OCH3 is 2. The summed E-state index contributed by atoms with van der Waals surface area (Å²) in [5, 5.41) is 6.23.